The largest absolute Gasteiger partial charge is 0.542 e. The Hall–Kier alpha value is 0.444. The summed E-state index contributed by atoms with van der Waals surface area (Å²) in [6.07, 6.45) is 5.47. The van der Waals surface area contributed by atoms with Crippen LogP contribution in [0.25, 0.3) is 0 Å². The summed E-state index contributed by atoms with van der Waals surface area (Å²) in [5.74, 6) is 0.454. The Balaban J connectivity index is 0. The van der Waals surface area contributed by atoms with Crippen LogP contribution in [0.5, 0.6) is 0 Å². The van der Waals surface area contributed by atoms with Crippen molar-refractivity contribution in [2.45, 2.75) is 32.6 Å². The minimum atomic E-state index is 0. The van der Waals surface area contributed by atoms with Gasteiger partial charge >= 0.3 is 0 Å². The molecule has 0 aromatic heterocycles. The van der Waals surface area contributed by atoms with E-state index in [-0.39, 0.29) is 32.7 Å². The fourth-order valence-corrected chi connectivity index (χ4v) is 0.769. The first kappa shape index (κ1) is 13.1. The molecule has 0 bridgehead atoms. The van der Waals surface area contributed by atoms with Crippen LogP contribution in [-0.4, -0.2) is 12.1 Å². The zero-order valence-electron chi connectivity index (χ0n) is 6.22. The molecular weight excluding hydrogens is 205 g/mol. The minimum Gasteiger partial charge on any atom is -0.542 e. The Morgan fingerprint density at radius 2 is 1.60 bits per heavy atom. The molecule has 2 nitrogen and oxygen atoms in total. The van der Waals surface area contributed by atoms with Gasteiger partial charge in [0.25, 0.3) is 0 Å². The summed E-state index contributed by atoms with van der Waals surface area (Å²) in [6, 6.07) is 0. The molecule has 0 N–H and O–H groups in total. The second-order valence-corrected chi connectivity index (χ2v) is 1.95. The molecule has 0 spiro atoms. The van der Waals surface area contributed by atoms with Crippen molar-refractivity contribution in [2.24, 2.45) is 0 Å². The van der Waals surface area contributed by atoms with Crippen molar-refractivity contribution in [3.63, 3.8) is 0 Å². The van der Waals surface area contributed by atoms with Gasteiger partial charge in [-0.3, -0.25) is 11.1 Å². The van der Waals surface area contributed by atoms with Crippen molar-refractivity contribution >= 4 is 12.1 Å². The summed E-state index contributed by atoms with van der Waals surface area (Å²) < 4.78 is 0. The van der Waals surface area contributed by atoms with Gasteiger partial charge in [0.15, 0.2) is 0 Å². The molecule has 1 rings (SSSR count). The van der Waals surface area contributed by atoms with Crippen LogP contribution in [0.4, 0.5) is 0 Å². The minimum absolute atomic E-state index is 0. The summed E-state index contributed by atoms with van der Waals surface area (Å²) in [4.78, 5) is 18.9. The van der Waals surface area contributed by atoms with E-state index in [9.17, 15) is 4.79 Å². The number of rotatable bonds is 0. The Morgan fingerprint density at radius 1 is 1.30 bits per heavy atom. The van der Waals surface area contributed by atoms with Crippen molar-refractivity contribution < 1.29 is 42.3 Å². The van der Waals surface area contributed by atoms with Crippen LogP contribution in [0.15, 0.2) is 0 Å². The van der Waals surface area contributed by atoms with Crippen LogP contribution in [0.2, 0.25) is 0 Å². The molecule has 0 saturated heterocycles. The van der Waals surface area contributed by atoms with Crippen LogP contribution in [0.3, 0.4) is 0 Å². The third-order valence-electron chi connectivity index (χ3n) is 1.16. The van der Waals surface area contributed by atoms with E-state index < -0.39 is 0 Å². The molecule has 0 aliphatic heterocycles. The van der Waals surface area contributed by atoms with Gasteiger partial charge in [-0.15, -0.1) is 0 Å². The average molecular weight is 216 g/mol. The van der Waals surface area contributed by atoms with Crippen LogP contribution in [0.1, 0.15) is 32.6 Å². The van der Waals surface area contributed by atoms with Gasteiger partial charge in [0, 0.05) is 45.6 Å². The van der Waals surface area contributed by atoms with Crippen LogP contribution < -0.4 is 0 Å². The van der Waals surface area contributed by atoms with Gasteiger partial charge in [0.2, 0.25) is 0 Å². The van der Waals surface area contributed by atoms with Gasteiger partial charge in [0.1, 0.15) is 5.78 Å². The summed E-state index contributed by atoms with van der Waals surface area (Å²) in [6.45, 7) is 1.32. The quantitative estimate of drug-likeness (QED) is 0.571. The first-order chi connectivity index (χ1) is 4.31. The third kappa shape index (κ3) is 8.44. The van der Waals surface area contributed by atoms with Crippen molar-refractivity contribution in [1.82, 2.24) is 0 Å². The molecule has 0 heterocycles. The molecule has 1 aliphatic rings. The van der Waals surface area contributed by atoms with Crippen LogP contribution in [0, 0.1) is 0 Å². The van der Waals surface area contributed by atoms with Crippen molar-refractivity contribution in [3.05, 3.63) is 0 Å². The Labute approximate surface area is 86.6 Å². The van der Waals surface area contributed by atoms with Gasteiger partial charge in [-0.05, 0) is 12.8 Å². The number of carbonyl (C=O) groups excluding carboxylic acids is 2. The van der Waals surface area contributed by atoms with Crippen LogP contribution >= 0.6 is 0 Å². The van der Waals surface area contributed by atoms with Gasteiger partial charge < -0.3 is 4.79 Å². The normalized spacial score (nSPS) is 14.7. The molecule has 1 radical (unpaired) electrons. The number of carbonyl (C=O) groups is 1. The Kier molecular flexibility index (Phi) is 12.3. The smallest absolute Gasteiger partial charge is 0.132 e. The van der Waals surface area contributed by atoms with Crippen molar-refractivity contribution in [3.8, 4) is 0 Å². The number of ketones is 1. The molecule has 3 heteroatoms. The predicted molar refractivity (Wildman–Crippen MR) is 34.8 cm³/mol. The second-order valence-electron chi connectivity index (χ2n) is 1.95. The monoisotopic (exact) mass is 216 g/mol. The molecule has 0 unspecified atom stereocenters. The van der Waals surface area contributed by atoms with E-state index in [1.807, 2.05) is 0 Å². The SMILES string of the molecule is C[C-]=O.O=C1CCCC1.[Y]. The summed E-state index contributed by atoms with van der Waals surface area (Å²) >= 11 is 0. The fourth-order valence-electron chi connectivity index (χ4n) is 0.769. The maximum Gasteiger partial charge on any atom is 0.132 e. The number of Topliss-reactive ketones (excluding diaryl/α,β-unsaturated/α-hetero) is 1. The van der Waals surface area contributed by atoms with Gasteiger partial charge in [0.05, 0.1) is 0 Å². The molecule has 55 valence electrons. The molecule has 1 fully saturated rings. The van der Waals surface area contributed by atoms with E-state index in [0.29, 0.717) is 5.78 Å². The molecule has 0 aromatic rings. The molecule has 0 atom stereocenters. The average Bonchev–Trinajstić information content (AvgIpc) is 2.20. The summed E-state index contributed by atoms with van der Waals surface area (Å²) in [5.41, 5.74) is 0. The number of hydrogen-bond donors (Lipinski definition) is 0. The van der Waals surface area contributed by atoms with Crippen LogP contribution in [-0.2, 0) is 42.3 Å². The molecular formula is C7H11O2Y-. The van der Waals surface area contributed by atoms with Gasteiger partial charge in [-0.2, -0.15) is 6.92 Å². The topological polar surface area (TPSA) is 34.1 Å². The van der Waals surface area contributed by atoms with Gasteiger partial charge in [-0.1, -0.05) is 0 Å². The maximum absolute atomic E-state index is 10.2. The van der Waals surface area contributed by atoms with E-state index in [1.54, 1.807) is 0 Å². The van der Waals surface area contributed by atoms with Crippen molar-refractivity contribution in [2.75, 3.05) is 0 Å². The standard InChI is InChI=1S/C5H8O.C2H3O.Y/c6-5-3-1-2-4-5;1-2-3;/h1-4H2;1H3;/q;-1;. The molecule has 0 aromatic carbocycles. The Bertz CT molecular complexity index is 93.8. The third-order valence-corrected chi connectivity index (χ3v) is 1.16. The van der Waals surface area contributed by atoms with Crippen molar-refractivity contribution in [1.29, 1.82) is 0 Å². The molecule has 1 saturated carbocycles. The zero-order valence-corrected chi connectivity index (χ0v) is 9.06. The second kappa shape index (κ2) is 9.44. The molecule has 0 amide bonds. The fraction of sp³-hybridized carbons (Fsp3) is 0.714. The first-order valence-electron chi connectivity index (χ1n) is 3.12. The zero-order chi connectivity index (χ0) is 7.11. The predicted octanol–water partition coefficient (Wildman–Crippen LogP) is 1.24. The van der Waals surface area contributed by atoms with E-state index >= 15 is 0 Å². The molecule has 10 heavy (non-hydrogen) atoms. The summed E-state index contributed by atoms with van der Waals surface area (Å²) in [5, 5.41) is 0. The van der Waals surface area contributed by atoms with E-state index in [1.165, 1.54) is 13.2 Å². The van der Waals surface area contributed by atoms with E-state index in [0.717, 1.165) is 25.7 Å². The number of hydrogen-bond acceptors (Lipinski definition) is 2. The van der Waals surface area contributed by atoms with E-state index in [4.69, 9.17) is 4.79 Å². The Morgan fingerprint density at radius 3 is 1.70 bits per heavy atom. The van der Waals surface area contributed by atoms with E-state index in [2.05, 4.69) is 0 Å². The molecule has 1 aliphatic carbocycles. The van der Waals surface area contributed by atoms with Gasteiger partial charge in [-0.25, -0.2) is 0 Å². The summed E-state index contributed by atoms with van der Waals surface area (Å²) in [7, 11) is 0. The maximum atomic E-state index is 10.2. The first-order valence-corrected chi connectivity index (χ1v) is 3.12.